The lowest BCUT2D eigenvalue weighted by atomic mass is 10.1. The summed E-state index contributed by atoms with van der Waals surface area (Å²) in [5.41, 5.74) is 9.04. The van der Waals surface area contributed by atoms with Gasteiger partial charge in [-0.3, -0.25) is 4.79 Å². The van der Waals surface area contributed by atoms with E-state index in [0.717, 1.165) is 11.1 Å². The second kappa shape index (κ2) is 7.66. The Balaban J connectivity index is 1.96. The lowest BCUT2D eigenvalue weighted by molar-refractivity contribution is -0.112. The average molecular weight is 306 g/mol. The molecule has 0 atom stereocenters. The molecule has 0 saturated heterocycles. The van der Waals surface area contributed by atoms with Crippen molar-refractivity contribution in [2.24, 2.45) is 0 Å². The highest BCUT2D eigenvalue weighted by atomic mass is 16.1. The Morgan fingerprint density at radius 3 is 2.65 bits per heavy atom. The number of hydrogen-bond donors (Lipinski definition) is 3. The summed E-state index contributed by atoms with van der Waals surface area (Å²) in [6, 6.07) is 16.6. The molecule has 2 aromatic carbocycles. The van der Waals surface area contributed by atoms with Gasteiger partial charge in [-0.05, 0) is 36.8 Å². The molecule has 23 heavy (non-hydrogen) atoms. The molecule has 1 amide bonds. The topological polar surface area (TPSA) is 90.9 Å². The first-order valence-electron chi connectivity index (χ1n) is 7.14. The van der Waals surface area contributed by atoms with Gasteiger partial charge in [0.15, 0.2) is 0 Å². The van der Waals surface area contributed by atoms with E-state index in [1.54, 1.807) is 24.3 Å². The molecule has 116 valence electrons. The van der Waals surface area contributed by atoms with Crippen LogP contribution >= 0.6 is 0 Å². The maximum absolute atomic E-state index is 12.1. The number of anilines is 2. The van der Waals surface area contributed by atoms with Crippen LogP contribution in [0.5, 0.6) is 0 Å². The van der Waals surface area contributed by atoms with Crippen LogP contribution in [0.3, 0.4) is 0 Å². The molecule has 5 heteroatoms. The molecule has 0 unspecified atom stereocenters. The Morgan fingerprint density at radius 2 is 2.00 bits per heavy atom. The summed E-state index contributed by atoms with van der Waals surface area (Å²) in [5, 5.41) is 14.8. The third-order valence-electron chi connectivity index (χ3n) is 3.17. The van der Waals surface area contributed by atoms with Gasteiger partial charge >= 0.3 is 0 Å². The van der Waals surface area contributed by atoms with Crippen LogP contribution in [-0.4, -0.2) is 5.91 Å². The number of amides is 1. The molecule has 0 saturated carbocycles. The van der Waals surface area contributed by atoms with Crippen molar-refractivity contribution >= 4 is 17.3 Å². The molecule has 0 aliphatic heterocycles. The quantitative estimate of drug-likeness (QED) is 0.450. The van der Waals surface area contributed by atoms with E-state index in [4.69, 9.17) is 11.0 Å². The SMILES string of the molecule is Cc1cccc(CN/C=C(/C#N)C(=O)Nc2ccc(N)cc2)c1. The Kier molecular flexibility index (Phi) is 5.37. The molecule has 2 rings (SSSR count). The average Bonchev–Trinajstić information content (AvgIpc) is 2.54. The fraction of sp³-hybridized carbons (Fsp3) is 0.111. The van der Waals surface area contributed by atoms with E-state index in [-0.39, 0.29) is 5.57 Å². The molecule has 0 aliphatic rings. The molecular formula is C18H18N4O. The number of nitrogens with two attached hydrogens (primary N) is 1. The van der Waals surface area contributed by atoms with E-state index in [1.807, 2.05) is 37.3 Å². The molecular weight excluding hydrogens is 288 g/mol. The van der Waals surface area contributed by atoms with Gasteiger partial charge in [0.1, 0.15) is 11.6 Å². The zero-order chi connectivity index (χ0) is 16.7. The van der Waals surface area contributed by atoms with Crippen molar-refractivity contribution in [1.82, 2.24) is 5.32 Å². The fourth-order valence-corrected chi connectivity index (χ4v) is 2.01. The highest BCUT2D eigenvalue weighted by molar-refractivity contribution is 6.06. The first kappa shape index (κ1) is 16.1. The molecule has 0 aromatic heterocycles. The number of aryl methyl sites for hydroxylation is 1. The predicted octanol–water partition coefficient (Wildman–Crippen LogP) is 2.71. The minimum absolute atomic E-state index is 0.00878. The molecule has 5 nitrogen and oxygen atoms in total. The smallest absolute Gasteiger partial charge is 0.267 e. The van der Waals surface area contributed by atoms with Crippen LogP contribution in [0.4, 0.5) is 11.4 Å². The van der Waals surface area contributed by atoms with Crippen LogP contribution < -0.4 is 16.4 Å². The van der Waals surface area contributed by atoms with Crippen molar-refractivity contribution in [2.75, 3.05) is 11.1 Å². The van der Waals surface area contributed by atoms with Crippen LogP contribution in [0.15, 0.2) is 60.3 Å². The van der Waals surface area contributed by atoms with Crippen molar-refractivity contribution in [2.45, 2.75) is 13.5 Å². The number of rotatable bonds is 5. The van der Waals surface area contributed by atoms with E-state index in [0.29, 0.717) is 17.9 Å². The summed E-state index contributed by atoms with van der Waals surface area (Å²) in [5.74, 6) is -0.464. The molecule has 2 aromatic rings. The maximum Gasteiger partial charge on any atom is 0.267 e. The van der Waals surface area contributed by atoms with Crippen molar-refractivity contribution in [3.8, 4) is 6.07 Å². The molecule has 4 N–H and O–H groups in total. The summed E-state index contributed by atoms with van der Waals surface area (Å²) >= 11 is 0. The number of nitrogens with one attached hydrogen (secondary N) is 2. The third kappa shape index (κ3) is 4.90. The molecule has 0 heterocycles. The Hall–Kier alpha value is -3.26. The van der Waals surface area contributed by atoms with Gasteiger partial charge in [0.25, 0.3) is 5.91 Å². The summed E-state index contributed by atoms with van der Waals surface area (Å²) in [4.78, 5) is 12.1. The first-order chi connectivity index (χ1) is 11.1. The standard InChI is InChI=1S/C18H18N4O/c1-13-3-2-4-14(9-13)11-21-12-15(10-19)18(23)22-17-7-5-16(20)6-8-17/h2-9,12,21H,11,20H2,1H3,(H,22,23)/b15-12-. The largest absolute Gasteiger partial charge is 0.399 e. The van der Waals surface area contributed by atoms with Crippen LogP contribution in [0.1, 0.15) is 11.1 Å². The number of carbonyl (C=O) groups excluding carboxylic acids is 1. The summed E-state index contributed by atoms with van der Waals surface area (Å²) in [7, 11) is 0. The van der Waals surface area contributed by atoms with Crippen LogP contribution in [0, 0.1) is 18.3 Å². The van der Waals surface area contributed by atoms with Gasteiger partial charge in [-0.25, -0.2) is 0 Å². The number of nitrogens with zero attached hydrogens (tertiary/aromatic N) is 1. The Labute approximate surface area is 135 Å². The van der Waals surface area contributed by atoms with Crippen molar-refractivity contribution in [3.63, 3.8) is 0 Å². The zero-order valence-corrected chi connectivity index (χ0v) is 12.8. The second-order valence-electron chi connectivity index (χ2n) is 5.12. The molecule has 0 bridgehead atoms. The Morgan fingerprint density at radius 1 is 1.26 bits per heavy atom. The predicted molar refractivity (Wildman–Crippen MR) is 91.2 cm³/mol. The van der Waals surface area contributed by atoms with E-state index in [2.05, 4.69) is 10.6 Å². The van der Waals surface area contributed by atoms with Gasteiger partial charge < -0.3 is 16.4 Å². The lowest BCUT2D eigenvalue weighted by Gasteiger charge is -2.06. The monoisotopic (exact) mass is 306 g/mol. The Bertz CT molecular complexity index is 757. The highest BCUT2D eigenvalue weighted by Crippen LogP contribution is 2.11. The summed E-state index contributed by atoms with van der Waals surface area (Å²) < 4.78 is 0. The molecule has 0 fully saturated rings. The summed E-state index contributed by atoms with van der Waals surface area (Å²) in [6.45, 7) is 2.56. The van der Waals surface area contributed by atoms with E-state index in [1.165, 1.54) is 6.20 Å². The van der Waals surface area contributed by atoms with Crippen LogP contribution in [0.25, 0.3) is 0 Å². The molecule has 0 radical (unpaired) electrons. The van der Waals surface area contributed by atoms with E-state index in [9.17, 15) is 4.79 Å². The summed E-state index contributed by atoms with van der Waals surface area (Å²) in [6.07, 6.45) is 1.43. The minimum atomic E-state index is -0.464. The molecule has 0 spiro atoms. The van der Waals surface area contributed by atoms with Crippen molar-refractivity contribution in [3.05, 3.63) is 71.4 Å². The molecule has 0 aliphatic carbocycles. The normalized spacial score (nSPS) is 10.7. The van der Waals surface area contributed by atoms with Gasteiger partial charge in [0.2, 0.25) is 0 Å². The number of benzene rings is 2. The maximum atomic E-state index is 12.1. The minimum Gasteiger partial charge on any atom is -0.399 e. The number of hydrogen-bond acceptors (Lipinski definition) is 4. The highest BCUT2D eigenvalue weighted by Gasteiger charge is 2.08. The zero-order valence-electron chi connectivity index (χ0n) is 12.8. The lowest BCUT2D eigenvalue weighted by Crippen LogP contribution is -2.16. The van der Waals surface area contributed by atoms with Crippen LogP contribution in [-0.2, 0) is 11.3 Å². The van der Waals surface area contributed by atoms with Gasteiger partial charge in [-0.15, -0.1) is 0 Å². The van der Waals surface area contributed by atoms with Gasteiger partial charge in [-0.1, -0.05) is 29.8 Å². The van der Waals surface area contributed by atoms with Crippen LogP contribution in [0.2, 0.25) is 0 Å². The second-order valence-corrected chi connectivity index (χ2v) is 5.12. The third-order valence-corrected chi connectivity index (χ3v) is 3.17. The first-order valence-corrected chi connectivity index (χ1v) is 7.14. The van der Waals surface area contributed by atoms with Crippen molar-refractivity contribution < 1.29 is 4.79 Å². The van der Waals surface area contributed by atoms with Gasteiger partial charge in [0, 0.05) is 24.1 Å². The number of carbonyl (C=O) groups is 1. The fourth-order valence-electron chi connectivity index (χ4n) is 2.01. The van der Waals surface area contributed by atoms with E-state index >= 15 is 0 Å². The van der Waals surface area contributed by atoms with Gasteiger partial charge in [-0.2, -0.15) is 5.26 Å². The number of nitrogen functional groups attached to an aromatic ring is 1. The number of nitriles is 1. The van der Waals surface area contributed by atoms with Crippen molar-refractivity contribution in [1.29, 1.82) is 5.26 Å². The van der Waals surface area contributed by atoms with E-state index < -0.39 is 5.91 Å². The van der Waals surface area contributed by atoms with Gasteiger partial charge in [0.05, 0.1) is 0 Å².